The Morgan fingerprint density at radius 1 is 0.957 bits per heavy atom. The second-order valence-corrected chi connectivity index (χ2v) is 8.49. The fourth-order valence-electron chi connectivity index (χ4n) is 2.38. The van der Waals surface area contributed by atoms with Crippen molar-refractivity contribution in [3.8, 4) is 5.75 Å². The number of phenols is 1. The summed E-state index contributed by atoms with van der Waals surface area (Å²) in [5.74, 6) is 0.804. The van der Waals surface area contributed by atoms with E-state index in [4.69, 9.17) is 18.6 Å². The van der Waals surface area contributed by atoms with E-state index in [-0.39, 0.29) is 0 Å². The molecule has 0 atom stereocenters. The van der Waals surface area contributed by atoms with Crippen LogP contribution in [0.15, 0.2) is 24.3 Å². The van der Waals surface area contributed by atoms with Crippen molar-refractivity contribution in [1.29, 1.82) is 0 Å². The molecule has 0 aliphatic rings. The SMILES string of the molecule is CC(C)c1ccccc1O.Cc1c(C)c(C)[c-](C)c1C.[Cl][Ti][Cl]. The second-order valence-electron chi connectivity index (χ2n) is 5.91. The monoisotopic (exact) mass is 389 g/mol. The van der Waals surface area contributed by atoms with Crippen molar-refractivity contribution in [2.24, 2.45) is 0 Å². The van der Waals surface area contributed by atoms with Crippen LogP contribution in [0.2, 0.25) is 0 Å². The van der Waals surface area contributed by atoms with Crippen molar-refractivity contribution in [2.45, 2.75) is 54.4 Å². The maximum absolute atomic E-state index is 9.28. The molecular weight excluding hydrogens is 363 g/mol. The van der Waals surface area contributed by atoms with Gasteiger partial charge in [-0.05, 0) is 17.5 Å². The average molecular weight is 390 g/mol. The number of phenolic OH excluding ortho intramolecular Hbond substituents is 1. The Labute approximate surface area is 158 Å². The third-order valence-corrected chi connectivity index (χ3v) is 4.37. The molecule has 2 aromatic carbocycles. The van der Waals surface area contributed by atoms with Crippen molar-refractivity contribution in [1.82, 2.24) is 0 Å². The summed E-state index contributed by atoms with van der Waals surface area (Å²) in [5, 5.41) is 9.28. The maximum atomic E-state index is 9.28. The topological polar surface area (TPSA) is 20.2 Å². The molecule has 0 unspecified atom stereocenters. The molecule has 0 aliphatic heterocycles. The van der Waals surface area contributed by atoms with Crippen LogP contribution in [0.1, 0.15) is 53.1 Å². The normalized spacial score (nSPS) is 9.65. The van der Waals surface area contributed by atoms with Crippen LogP contribution in [0.5, 0.6) is 5.75 Å². The van der Waals surface area contributed by atoms with Crippen LogP contribution < -0.4 is 0 Å². The van der Waals surface area contributed by atoms with Gasteiger partial charge in [0.1, 0.15) is 5.75 Å². The van der Waals surface area contributed by atoms with E-state index in [0.717, 1.165) is 5.56 Å². The minimum atomic E-state index is -0.556. The standard InChI is InChI=1S/C10H15.C9H12O.2ClH.Ti/c1-6-7(2)9(4)10(5)8(6)3;1-7(2)8-5-3-4-6-9(8)10;;;/h1-5H3;3-7,10H,1-2H3;2*1H;/q-1;;;;+2/p-2. The first kappa shape index (κ1) is 22.7. The van der Waals surface area contributed by atoms with Gasteiger partial charge in [-0.15, -0.1) is 0 Å². The van der Waals surface area contributed by atoms with Crippen LogP contribution in [0.25, 0.3) is 0 Å². The van der Waals surface area contributed by atoms with Gasteiger partial charge in [0.25, 0.3) is 0 Å². The zero-order chi connectivity index (χ0) is 18.2. The molecule has 4 heteroatoms. The molecule has 0 heterocycles. The molecule has 0 aliphatic carbocycles. The van der Waals surface area contributed by atoms with Gasteiger partial charge in [-0.2, -0.15) is 27.8 Å². The molecular formula is C19H27Cl2OTi-. The Bertz CT molecular complexity index is 523. The van der Waals surface area contributed by atoms with Crippen LogP contribution in [0, 0.1) is 34.6 Å². The van der Waals surface area contributed by atoms with Crippen LogP contribution >= 0.6 is 18.6 Å². The Hall–Kier alpha value is -0.336. The first-order chi connectivity index (χ1) is 10.7. The molecule has 1 nitrogen and oxygen atoms in total. The Kier molecular flexibility index (Phi) is 11.1. The number of para-hydroxylation sites is 1. The Morgan fingerprint density at radius 3 is 1.57 bits per heavy atom. The van der Waals surface area contributed by atoms with Gasteiger partial charge in [0.15, 0.2) is 0 Å². The van der Waals surface area contributed by atoms with E-state index in [1.165, 1.54) is 27.8 Å². The molecule has 128 valence electrons. The molecule has 23 heavy (non-hydrogen) atoms. The summed E-state index contributed by atoms with van der Waals surface area (Å²) >= 11 is -0.556. The molecule has 0 saturated carbocycles. The Morgan fingerprint density at radius 2 is 1.35 bits per heavy atom. The zero-order valence-electron chi connectivity index (χ0n) is 15.1. The van der Waals surface area contributed by atoms with Crippen molar-refractivity contribution < 1.29 is 22.1 Å². The summed E-state index contributed by atoms with van der Waals surface area (Å²) in [6.07, 6.45) is 0. The van der Waals surface area contributed by atoms with E-state index in [1.54, 1.807) is 6.07 Å². The van der Waals surface area contributed by atoms with Crippen molar-refractivity contribution in [3.05, 3.63) is 57.6 Å². The van der Waals surface area contributed by atoms with Gasteiger partial charge in [-0.25, -0.2) is 0 Å². The summed E-state index contributed by atoms with van der Waals surface area (Å²) in [6.45, 7) is 15.1. The minimum absolute atomic E-state index is 0.400. The summed E-state index contributed by atoms with van der Waals surface area (Å²) in [6, 6.07) is 7.44. The zero-order valence-corrected chi connectivity index (χ0v) is 18.2. The predicted molar refractivity (Wildman–Crippen MR) is 99.6 cm³/mol. The van der Waals surface area contributed by atoms with E-state index < -0.39 is 17.0 Å². The van der Waals surface area contributed by atoms with E-state index in [9.17, 15) is 5.11 Å². The molecule has 0 spiro atoms. The molecule has 0 bridgehead atoms. The third kappa shape index (κ3) is 6.97. The molecule has 0 radical (unpaired) electrons. The predicted octanol–water partition coefficient (Wildman–Crippen LogP) is 6.84. The third-order valence-electron chi connectivity index (χ3n) is 4.37. The number of hydrogen-bond acceptors (Lipinski definition) is 1. The van der Waals surface area contributed by atoms with Crippen LogP contribution in [-0.4, -0.2) is 5.11 Å². The van der Waals surface area contributed by atoms with E-state index in [2.05, 4.69) is 48.5 Å². The van der Waals surface area contributed by atoms with Gasteiger partial charge in [-0.1, -0.05) is 66.7 Å². The molecule has 0 saturated heterocycles. The first-order valence-electron chi connectivity index (χ1n) is 7.62. The fourth-order valence-corrected chi connectivity index (χ4v) is 2.38. The summed E-state index contributed by atoms with van der Waals surface area (Å²) in [5.41, 5.74) is 8.35. The summed E-state index contributed by atoms with van der Waals surface area (Å²) in [7, 11) is 9.78. The van der Waals surface area contributed by atoms with E-state index >= 15 is 0 Å². The summed E-state index contributed by atoms with van der Waals surface area (Å²) in [4.78, 5) is 0. The quantitative estimate of drug-likeness (QED) is 0.418. The molecule has 2 aromatic rings. The summed E-state index contributed by atoms with van der Waals surface area (Å²) < 4.78 is 0. The van der Waals surface area contributed by atoms with E-state index in [0.29, 0.717) is 11.7 Å². The number of hydrogen-bond donors (Lipinski definition) is 1. The number of benzene rings is 1. The first-order valence-corrected chi connectivity index (χ1v) is 11.9. The second kappa shape index (κ2) is 11.3. The van der Waals surface area contributed by atoms with Gasteiger partial charge in [-0.3, -0.25) is 0 Å². The molecule has 0 amide bonds. The van der Waals surface area contributed by atoms with Crippen LogP contribution in [0.3, 0.4) is 0 Å². The number of aromatic hydroxyl groups is 1. The average Bonchev–Trinajstić information content (AvgIpc) is 2.67. The van der Waals surface area contributed by atoms with Crippen LogP contribution in [0.4, 0.5) is 0 Å². The van der Waals surface area contributed by atoms with Gasteiger partial charge in [0, 0.05) is 0 Å². The van der Waals surface area contributed by atoms with Gasteiger partial charge in [0.05, 0.1) is 0 Å². The molecule has 0 aromatic heterocycles. The van der Waals surface area contributed by atoms with Gasteiger partial charge in [0.2, 0.25) is 0 Å². The Balaban J connectivity index is 0.000000360. The number of halogens is 2. The fraction of sp³-hybridized carbons (Fsp3) is 0.421. The van der Waals surface area contributed by atoms with Crippen LogP contribution in [-0.2, 0) is 17.0 Å². The van der Waals surface area contributed by atoms with Crippen molar-refractivity contribution in [2.75, 3.05) is 0 Å². The molecule has 2 rings (SSSR count). The van der Waals surface area contributed by atoms with Crippen molar-refractivity contribution in [3.63, 3.8) is 0 Å². The molecule has 1 N–H and O–H groups in total. The van der Waals surface area contributed by atoms with E-state index in [1.807, 2.05) is 18.2 Å². The number of rotatable bonds is 1. The molecule has 0 fully saturated rings. The van der Waals surface area contributed by atoms with Gasteiger partial charge < -0.3 is 5.11 Å². The van der Waals surface area contributed by atoms with Crippen molar-refractivity contribution >= 4 is 18.6 Å². The van der Waals surface area contributed by atoms with Gasteiger partial charge >= 0.3 is 35.6 Å².